The standard InChI is InChI=1S/C13H20BrN3O.ClH/c1-2-16-9-11(14)6-12(16)13(18)17-5-3-4-10(7-15)8-17;/h6,9-10H,2-5,7-8,15H2,1H3;1H. The maximum atomic E-state index is 12.5. The van der Waals surface area contributed by atoms with Crippen LogP contribution >= 0.6 is 28.3 Å². The van der Waals surface area contributed by atoms with Gasteiger partial charge in [-0.25, -0.2) is 0 Å². The first-order valence-electron chi connectivity index (χ1n) is 6.50. The van der Waals surface area contributed by atoms with Crippen molar-refractivity contribution in [2.45, 2.75) is 26.3 Å². The van der Waals surface area contributed by atoms with E-state index in [1.807, 2.05) is 28.7 Å². The molecule has 1 atom stereocenters. The van der Waals surface area contributed by atoms with Crippen LogP contribution < -0.4 is 5.73 Å². The molecule has 1 saturated heterocycles. The fourth-order valence-corrected chi connectivity index (χ4v) is 2.98. The van der Waals surface area contributed by atoms with Crippen molar-refractivity contribution in [1.82, 2.24) is 9.47 Å². The lowest BCUT2D eigenvalue weighted by atomic mass is 9.98. The Balaban J connectivity index is 0.00000180. The van der Waals surface area contributed by atoms with Gasteiger partial charge in [-0.2, -0.15) is 0 Å². The van der Waals surface area contributed by atoms with E-state index in [4.69, 9.17) is 5.73 Å². The van der Waals surface area contributed by atoms with Crippen molar-refractivity contribution in [2.24, 2.45) is 11.7 Å². The van der Waals surface area contributed by atoms with Crippen molar-refractivity contribution in [1.29, 1.82) is 0 Å². The molecular weight excluding hydrogens is 330 g/mol. The van der Waals surface area contributed by atoms with Crippen LogP contribution in [-0.2, 0) is 6.54 Å². The number of nitrogens with two attached hydrogens (primary N) is 1. The maximum absolute atomic E-state index is 12.5. The molecule has 0 saturated carbocycles. The number of nitrogens with zero attached hydrogens (tertiary/aromatic N) is 2. The molecule has 1 fully saturated rings. The monoisotopic (exact) mass is 349 g/mol. The van der Waals surface area contributed by atoms with Gasteiger partial charge in [-0.15, -0.1) is 12.4 Å². The van der Waals surface area contributed by atoms with Crippen LogP contribution in [0.3, 0.4) is 0 Å². The van der Waals surface area contributed by atoms with Crippen molar-refractivity contribution in [3.8, 4) is 0 Å². The van der Waals surface area contributed by atoms with Crippen LogP contribution in [0.4, 0.5) is 0 Å². The van der Waals surface area contributed by atoms with E-state index >= 15 is 0 Å². The summed E-state index contributed by atoms with van der Waals surface area (Å²) in [6.07, 6.45) is 4.15. The van der Waals surface area contributed by atoms with E-state index in [9.17, 15) is 4.79 Å². The van der Waals surface area contributed by atoms with E-state index in [1.165, 1.54) is 0 Å². The molecule has 0 aromatic carbocycles. The lowest BCUT2D eigenvalue weighted by Crippen LogP contribution is -2.42. The molecule has 2 heterocycles. The van der Waals surface area contributed by atoms with Gasteiger partial charge < -0.3 is 15.2 Å². The Labute approximate surface area is 128 Å². The molecule has 1 amide bonds. The first-order valence-corrected chi connectivity index (χ1v) is 7.30. The maximum Gasteiger partial charge on any atom is 0.270 e. The fourth-order valence-electron chi connectivity index (χ4n) is 2.52. The van der Waals surface area contributed by atoms with Gasteiger partial charge in [-0.1, -0.05) is 0 Å². The molecule has 0 aliphatic carbocycles. The second kappa shape index (κ2) is 7.31. The van der Waals surface area contributed by atoms with Gasteiger partial charge in [0, 0.05) is 30.3 Å². The number of hydrogen-bond donors (Lipinski definition) is 1. The number of aryl methyl sites for hydroxylation is 1. The summed E-state index contributed by atoms with van der Waals surface area (Å²) in [5.41, 5.74) is 6.48. The van der Waals surface area contributed by atoms with Gasteiger partial charge >= 0.3 is 0 Å². The van der Waals surface area contributed by atoms with Crippen molar-refractivity contribution < 1.29 is 4.79 Å². The molecule has 19 heavy (non-hydrogen) atoms. The highest BCUT2D eigenvalue weighted by Gasteiger charge is 2.25. The summed E-state index contributed by atoms with van der Waals surface area (Å²) in [4.78, 5) is 14.4. The predicted molar refractivity (Wildman–Crippen MR) is 82.7 cm³/mol. The Kier molecular flexibility index (Phi) is 6.36. The average Bonchev–Trinajstić information content (AvgIpc) is 2.79. The minimum absolute atomic E-state index is 0. The lowest BCUT2D eigenvalue weighted by molar-refractivity contribution is 0.0667. The second-order valence-corrected chi connectivity index (χ2v) is 5.74. The third-order valence-electron chi connectivity index (χ3n) is 3.56. The molecule has 1 unspecified atom stereocenters. The number of rotatable bonds is 3. The van der Waals surface area contributed by atoms with Crippen LogP contribution in [0.5, 0.6) is 0 Å². The molecule has 1 aromatic rings. The summed E-state index contributed by atoms with van der Waals surface area (Å²) in [6.45, 7) is 5.16. The van der Waals surface area contributed by atoms with Gasteiger partial charge in [0.05, 0.1) is 0 Å². The molecule has 1 aromatic heterocycles. The molecule has 1 aliphatic heterocycles. The van der Waals surface area contributed by atoms with Gasteiger partial charge in [0.1, 0.15) is 5.69 Å². The third-order valence-corrected chi connectivity index (χ3v) is 4.00. The summed E-state index contributed by atoms with van der Waals surface area (Å²) in [7, 11) is 0. The van der Waals surface area contributed by atoms with Crippen molar-refractivity contribution in [2.75, 3.05) is 19.6 Å². The molecular formula is C13H21BrClN3O. The molecule has 4 nitrogen and oxygen atoms in total. The SMILES string of the molecule is CCn1cc(Br)cc1C(=O)N1CCCC(CN)C1.Cl. The summed E-state index contributed by atoms with van der Waals surface area (Å²) in [5, 5.41) is 0. The highest BCUT2D eigenvalue weighted by molar-refractivity contribution is 9.10. The second-order valence-electron chi connectivity index (χ2n) is 4.82. The summed E-state index contributed by atoms with van der Waals surface area (Å²) in [6, 6.07) is 1.90. The largest absolute Gasteiger partial charge is 0.343 e. The first kappa shape index (κ1) is 16.5. The zero-order valence-corrected chi connectivity index (χ0v) is 13.5. The van der Waals surface area contributed by atoms with Gasteiger partial charge in [-0.05, 0) is 54.2 Å². The van der Waals surface area contributed by atoms with Crippen molar-refractivity contribution in [3.63, 3.8) is 0 Å². The van der Waals surface area contributed by atoms with E-state index in [0.717, 1.165) is 42.6 Å². The molecule has 6 heteroatoms. The Bertz CT molecular complexity index is 436. The molecule has 2 rings (SSSR count). The van der Waals surface area contributed by atoms with Gasteiger partial charge in [0.15, 0.2) is 0 Å². The molecule has 0 bridgehead atoms. The quantitative estimate of drug-likeness (QED) is 0.910. The van der Waals surface area contributed by atoms with E-state index in [2.05, 4.69) is 15.9 Å². The van der Waals surface area contributed by atoms with Crippen LogP contribution in [0.25, 0.3) is 0 Å². The van der Waals surface area contributed by atoms with Crippen LogP contribution in [0, 0.1) is 5.92 Å². The normalized spacial score (nSPS) is 19.1. The number of piperidine rings is 1. The van der Waals surface area contributed by atoms with E-state index in [-0.39, 0.29) is 18.3 Å². The van der Waals surface area contributed by atoms with Crippen LogP contribution in [0.15, 0.2) is 16.7 Å². The zero-order chi connectivity index (χ0) is 13.1. The van der Waals surface area contributed by atoms with E-state index in [1.54, 1.807) is 0 Å². The Morgan fingerprint density at radius 3 is 2.95 bits per heavy atom. The average molecular weight is 351 g/mol. The Hall–Kier alpha value is -0.520. The molecule has 108 valence electrons. The van der Waals surface area contributed by atoms with Crippen molar-refractivity contribution in [3.05, 3.63) is 22.4 Å². The van der Waals surface area contributed by atoms with Crippen LogP contribution in [0.2, 0.25) is 0 Å². The lowest BCUT2D eigenvalue weighted by Gasteiger charge is -2.32. The van der Waals surface area contributed by atoms with Crippen molar-refractivity contribution >= 4 is 34.2 Å². The third kappa shape index (κ3) is 3.74. The number of carbonyl (C=O) groups excluding carboxylic acids is 1. The minimum Gasteiger partial charge on any atom is -0.343 e. The van der Waals surface area contributed by atoms with E-state index in [0.29, 0.717) is 12.5 Å². The topological polar surface area (TPSA) is 51.3 Å². The summed E-state index contributed by atoms with van der Waals surface area (Å²) < 4.78 is 2.94. The molecule has 0 radical (unpaired) electrons. The minimum atomic E-state index is 0. The number of likely N-dealkylation sites (tertiary alicyclic amines) is 1. The van der Waals surface area contributed by atoms with Crippen LogP contribution in [0.1, 0.15) is 30.3 Å². The number of carbonyl (C=O) groups is 1. The zero-order valence-electron chi connectivity index (χ0n) is 11.1. The first-order chi connectivity index (χ1) is 8.65. The van der Waals surface area contributed by atoms with Gasteiger partial charge in [-0.3, -0.25) is 4.79 Å². The Morgan fingerprint density at radius 1 is 1.58 bits per heavy atom. The molecule has 0 spiro atoms. The van der Waals surface area contributed by atoms with Crippen LogP contribution in [-0.4, -0.2) is 35.0 Å². The summed E-state index contributed by atoms with van der Waals surface area (Å²) in [5.74, 6) is 0.580. The molecule has 1 aliphatic rings. The van der Waals surface area contributed by atoms with Gasteiger partial charge in [0.25, 0.3) is 5.91 Å². The van der Waals surface area contributed by atoms with E-state index < -0.39 is 0 Å². The highest BCUT2D eigenvalue weighted by Crippen LogP contribution is 2.21. The smallest absolute Gasteiger partial charge is 0.270 e. The fraction of sp³-hybridized carbons (Fsp3) is 0.615. The molecule has 2 N–H and O–H groups in total. The number of amides is 1. The highest BCUT2D eigenvalue weighted by atomic mass is 79.9. The summed E-state index contributed by atoms with van der Waals surface area (Å²) >= 11 is 3.43. The van der Waals surface area contributed by atoms with Gasteiger partial charge in [0.2, 0.25) is 0 Å². The predicted octanol–water partition coefficient (Wildman–Crippen LogP) is 2.50. The number of hydrogen-bond acceptors (Lipinski definition) is 2. The Morgan fingerprint density at radius 2 is 2.32 bits per heavy atom. The number of halogens is 2. The number of aromatic nitrogens is 1.